The van der Waals surface area contributed by atoms with Crippen molar-refractivity contribution in [2.75, 3.05) is 136 Å². The molecule has 9 amide bonds. The van der Waals surface area contributed by atoms with Crippen LogP contribution in [0.5, 0.6) is 34.5 Å². The fraction of sp³-hybridized carbons (Fsp3) is 0.630. The molecule has 0 aliphatic heterocycles. The summed E-state index contributed by atoms with van der Waals surface area (Å²) in [5.41, 5.74) is 13.4. The van der Waals surface area contributed by atoms with Gasteiger partial charge in [-0.15, -0.1) is 0 Å². The van der Waals surface area contributed by atoms with Crippen LogP contribution in [0.2, 0.25) is 0 Å². The van der Waals surface area contributed by atoms with Crippen molar-refractivity contribution in [1.82, 2.24) is 16.0 Å². The van der Waals surface area contributed by atoms with E-state index in [1.807, 2.05) is 6.92 Å². The van der Waals surface area contributed by atoms with Crippen molar-refractivity contribution in [3.63, 3.8) is 0 Å². The molecule has 0 aromatic heterocycles. The number of primary amides is 3. The van der Waals surface area contributed by atoms with E-state index in [0.717, 1.165) is 51.4 Å². The average molecular weight is 1650 g/mol. The summed E-state index contributed by atoms with van der Waals surface area (Å²) in [5, 5.41) is 47.0. The zero-order valence-corrected chi connectivity index (χ0v) is 67.9. The predicted octanol–water partition coefficient (Wildman–Crippen LogP) is 5.50. The van der Waals surface area contributed by atoms with Crippen molar-refractivity contribution < 1.29 is 130 Å². The minimum Gasteiger partial charge on any atom is -0.505 e. The lowest BCUT2D eigenvalue weighted by Crippen LogP contribution is -2.60. The third kappa shape index (κ3) is 26.9. The van der Waals surface area contributed by atoms with E-state index < -0.39 is 120 Å². The number of ether oxygens (including phenoxy) is 12. The molecular weight excluding hydrogens is 1530 g/mol. The van der Waals surface area contributed by atoms with Crippen LogP contribution >= 0.6 is 0 Å². The van der Waals surface area contributed by atoms with Crippen LogP contribution in [0.25, 0.3) is 0 Å². The zero-order chi connectivity index (χ0) is 85.4. The minimum absolute atomic E-state index is 0.000133. The first-order valence-electron chi connectivity index (χ1n) is 39.8. The molecule has 0 unspecified atom stereocenters. The molecule has 0 spiro atoms. The number of methoxy groups -OCH3 is 3. The fourth-order valence-electron chi connectivity index (χ4n) is 17.1. The van der Waals surface area contributed by atoms with E-state index in [0.29, 0.717) is 32.1 Å². The van der Waals surface area contributed by atoms with E-state index in [1.54, 1.807) is 0 Å². The highest BCUT2D eigenvalue weighted by atomic mass is 16.6. The van der Waals surface area contributed by atoms with Gasteiger partial charge < -0.3 is 121 Å². The molecular formula is C81H117N9O27. The number of rotatable bonds is 51. The van der Waals surface area contributed by atoms with Gasteiger partial charge in [0.25, 0.3) is 17.7 Å². The van der Waals surface area contributed by atoms with Crippen LogP contribution in [0, 0.1) is 40.4 Å². The first-order valence-corrected chi connectivity index (χ1v) is 39.8. The van der Waals surface area contributed by atoms with E-state index in [-0.39, 0.29) is 215 Å². The SMILES string of the molecule is CCCCCC[C@](C)(OC(=O)CCC(=O)NCCOCCOCC(=O)Nc1ccc(OC)c(C(N)=O)c1O)[C@H]1CC[C@H]2[C@@H]3C[C@H](OC(=O)CCC(=O)NCCOCCOCC(=O)Nc4ccc(OC)c(C(N)=O)c4O)[C@H]4C[C@@H](OC(=O)CCC(=O)NCCOCCOCC(=O)Nc5ccc(OC)c(C(N)=O)c5O)CC[C@]4(C)[C@H]3CC[C@@]21C. The fourth-order valence-corrected chi connectivity index (χ4v) is 17.1. The van der Waals surface area contributed by atoms with Gasteiger partial charge >= 0.3 is 17.9 Å². The van der Waals surface area contributed by atoms with E-state index in [1.165, 1.54) is 57.7 Å². The summed E-state index contributed by atoms with van der Waals surface area (Å²) in [6.07, 6.45) is 7.60. The summed E-state index contributed by atoms with van der Waals surface area (Å²) in [7, 11) is 3.89. The summed E-state index contributed by atoms with van der Waals surface area (Å²) in [6.45, 7) is 8.44. The van der Waals surface area contributed by atoms with Crippen LogP contribution in [-0.4, -0.2) is 224 Å². The number of carbonyl (C=O) groups is 12. The predicted molar refractivity (Wildman–Crippen MR) is 421 cm³/mol. The van der Waals surface area contributed by atoms with Gasteiger partial charge in [-0.1, -0.05) is 40.0 Å². The third-order valence-electron chi connectivity index (χ3n) is 22.6. The molecule has 7 rings (SSSR count). The summed E-state index contributed by atoms with van der Waals surface area (Å²) in [4.78, 5) is 154. The molecule has 0 saturated heterocycles. The lowest BCUT2D eigenvalue weighted by Gasteiger charge is -2.63. The molecule has 0 bridgehead atoms. The topological polar surface area (TPSA) is 527 Å². The van der Waals surface area contributed by atoms with Crippen LogP contribution < -0.4 is 63.3 Å². The monoisotopic (exact) mass is 1650 g/mol. The lowest BCUT2D eigenvalue weighted by molar-refractivity contribution is -0.204. The van der Waals surface area contributed by atoms with Gasteiger partial charge in [0.2, 0.25) is 35.4 Å². The average Bonchev–Trinajstić information content (AvgIpc) is 1.62. The maximum atomic E-state index is 14.2. The Labute approximate surface area is 680 Å². The molecule has 15 N–H and O–H groups in total. The standard InChI is InChI=1S/C81H117N9O27/c1-8-9-10-11-28-81(4,117-69(99)25-22-63(93)87-33-36-111-39-42-114-47-66(96)90-55-15-18-58(108-7)72(75(55)102)78(84)105)60-19-12-50-49-44-59(116-68(98)24-21-62(92)86-32-35-110-38-41-113-46-65(95)89-54-14-17-57(107-6)71(74(54)101)77(83)104)52-43-48(26-29-79(52,2)51(49)27-30-80(50,60)3)115-67(97)23-20-61(91)85-31-34-109-37-40-112-45-64(94)88-53-13-16-56(106-5)70(73(53)100)76(82)103/h13-18,48-52,59-60,100-102H,8-12,19-47H2,1-7H3,(H2,82,103)(H2,83,104)(H2,84,105)(H,85,91)(H,86,92)(H,87,93)(H,88,94)(H,89,95)(H,90,96)/t48-,49-,50-,51-,52+,59-,60-,79+,80-,81-/m0/s1. The Morgan fingerprint density at radius 1 is 0.444 bits per heavy atom. The number of hydrogen-bond donors (Lipinski definition) is 12. The summed E-state index contributed by atoms with van der Waals surface area (Å²) in [5.74, 6) is -8.97. The molecule has 4 saturated carbocycles. The Morgan fingerprint density at radius 2 is 0.838 bits per heavy atom. The number of esters is 3. The van der Waals surface area contributed by atoms with Crippen LogP contribution in [-0.2, 0) is 85.8 Å². The van der Waals surface area contributed by atoms with Crippen molar-refractivity contribution in [2.24, 2.45) is 57.6 Å². The normalized spacial score (nSPS) is 20.9. The molecule has 10 atom stereocenters. The second kappa shape index (κ2) is 46.1. The van der Waals surface area contributed by atoms with Crippen LogP contribution in [0.15, 0.2) is 36.4 Å². The molecule has 4 aliphatic rings. The maximum absolute atomic E-state index is 14.2. The summed E-state index contributed by atoms with van der Waals surface area (Å²) < 4.78 is 67.3. The number of anilines is 3. The van der Waals surface area contributed by atoms with Gasteiger partial charge in [0, 0.05) is 50.7 Å². The Balaban J connectivity index is 0.896. The number of phenols is 3. The Hall–Kier alpha value is -10.1. The van der Waals surface area contributed by atoms with Crippen molar-refractivity contribution >= 4 is 88.1 Å². The first-order chi connectivity index (χ1) is 55.9. The van der Waals surface area contributed by atoms with Gasteiger partial charge in [-0.25, -0.2) is 0 Å². The van der Waals surface area contributed by atoms with Gasteiger partial charge in [-0.05, 0) is 136 Å². The number of fused-ring (bicyclic) bond motifs is 5. The minimum atomic E-state index is -0.955. The second-order valence-electron chi connectivity index (χ2n) is 30.3. The van der Waals surface area contributed by atoms with Crippen LogP contribution in [0.4, 0.5) is 17.1 Å². The molecule has 36 nitrogen and oxygen atoms in total. The number of aromatic hydroxyl groups is 3. The van der Waals surface area contributed by atoms with Crippen molar-refractivity contribution in [3.05, 3.63) is 53.1 Å². The van der Waals surface area contributed by atoms with Gasteiger partial charge in [0.15, 0.2) is 17.2 Å². The van der Waals surface area contributed by atoms with Crippen molar-refractivity contribution in [3.8, 4) is 34.5 Å². The van der Waals surface area contributed by atoms with E-state index in [9.17, 15) is 72.9 Å². The molecule has 0 heterocycles. The molecule has 3 aromatic rings. The first kappa shape index (κ1) is 94.0. The van der Waals surface area contributed by atoms with Crippen molar-refractivity contribution in [2.45, 2.75) is 167 Å². The molecule has 36 heteroatoms. The maximum Gasteiger partial charge on any atom is 0.306 e. The number of carbonyl (C=O) groups excluding carboxylic acids is 12. The highest BCUT2D eigenvalue weighted by Crippen LogP contribution is 2.69. The number of nitrogens with one attached hydrogen (secondary N) is 6. The summed E-state index contributed by atoms with van der Waals surface area (Å²) >= 11 is 0. The van der Waals surface area contributed by atoms with Gasteiger partial charge in [0.05, 0.1) is 117 Å². The lowest BCUT2D eigenvalue weighted by atomic mass is 9.43. The highest BCUT2D eigenvalue weighted by Gasteiger charge is 2.65. The zero-order valence-electron chi connectivity index (χ0n) is 67.9. The molecule has 3 aromatic carbocycles. The largest absolute Gasteiger partial charge is 0.505 e. The number of amides is 9. The van der Waals surface area contributed by atoms with Crippen LogP contribution in [0.1, 0.15) is 181 Å². The molecule has 117 heavy (non-hydrogen) atoms. The Morgan fingerprint density at radius 3 is 1.25 bits per heavy atom. The number of benzene rings is 3. The number of unbranched alkanes of at least 4 members (excludes halogenated alkanes) is 3. The number of hydrogen-bond acceptors (Lipinski definition) is 27. The molecule has 4 aliphatic carbocycles. The Kier molecular flexibility index (Phi) is 37.1. The van der Waals surface area contributed by atoms with Gasteiger partial charge in [-0.2, -0.15) is 0 Å². The van der Waals surface area contributed by atoms with Gasteiger partial charge in [-0.3, -0.25) is 57.5 Å². The highest BCUT2D eigenvalue weighted by molar-refractivity contribution is 6.05. The third-order valence-corrected chi connectivity index (χ3v) is 22.6. The smallest absolute Gasteiger partial charge is 0.306 e. The van der Waals surface area contributed by atoms with E-state index in [2.05, 4.69) is 52.7 Å². The summed E-state index contributed by atoms with van der Waals surface area (Å²) in [6, 6.07) is 8.14. The number of nitrogens with two attached hydrogens (primary N) is 3. The van der Waals surface area contributed by atoms with E-state index in [4.69, 9.17) is 74.0 Å². The Bertz CT molecular complexity index is 3940. The quantitative estimate of drug-likeness (QED) is 0.0144. The molecule has 648 valence electrons. The van der Waals surface area contributed by atoms with Crippen molar-refractivity contribution in [1.29, 1.82) is 0 Å². The second-order valence-corrected chi connectivity index (χ2v) is 30.3. The van der Waals surface area contributed by atoms with Gasteiger partial charge in [0.1, 0.15) is 71.6 Å². The van der Waals surface area contributed by atoms with Crippen LogP contribution in [0.3, 0.4) is 0 Å². The molecule has 4 fully saturated rings. The molecule has 0 radical (unpaired) electrons. The van der Waals surface area contributed by atoms with E-state index >= 15 is 0 Å².